The first-order valence-electron chi connectivity index (χ1n) is 10.3. The van der Waals surface area contributed by atoms with Gasteiger partial charge in [-0.2, -0.15) is 0 Å². The molecule has 0 saturated heterocycles. The predicted molar refractivity (Wildman–Crippen MR) is 108 cm³/mol. The molecular formula is C24H38. The van der Waals surface area contributed by atoms with Crippen LogP contribution >= 0.6 is 0 Å². The second-order valence-corrected chi connectivity index (χ2v) is 8.14. The molecule has 0 N–H and O–H groups in total. The third-order valence-electron chi connectivity index (χ3n) is 6.34. The lowest BCUT2D eigenvalue weighted by atomic mass is 9.78. The molecule has 0 heteroatoms. The van der Waals surface area contributed by atoms with E-state index in [1.54, 1.807) is 11.1 Å². The van der Waals surface area contributed by atoms with E-state index in [9.17, 15) is 0 Å². The van der Waals surface area contributed by atoms with Crippen LogP contribution < -0.4 is 0 Å². The molecule has 1 saturated carbocycles. The van der Waals surface area contributed by atoms with Crippen LogP contribution in [-0.4, -0.2) is 0 Å². The van der Waals surface area contributed by atoms with Gasteiger partial charge in [0.25, 0.3) is 0 Å². The average Bonchev–Trinajstić information content (AvgIpc) is 2.79. The summed E-state index contributed by atoms with van der Waals surface area (Å²) >= 11 is 0. The fourth-order valence-electron chi connectivity index (χ4n) is 4.79. The molecule has 0 radical (unpaired) electrons. The zero-order valence-corrected chi connectivity index (χ0v) is 16.8. The number of allylic oxidation sites excluding steroid dienone is 1. The summed E-state index contributed by atoms with van der Waals surface area (Å²) in [6, 6.07) is 4.79. The zero-order chi connectivity index (χ0) is 17.7. The normalized spacial score (nSPS) is 22.9. The smallest absolute Gasteiger partial charge is 0.00226 e. The molecule has 3 atom stereocenters. The van der Waals surface area contributed by atoms with Crippen LogP contribution in [0.4, 0.5) is 0 Å². The fraction of sp³-hybridized carbons (Fsp3) is 0.667. The molecule has 0 heterocycles. The second kappa shape index (κ2) is 8.88. The van der Waals surface area contributed by atoms with E-state index >= 15 is 0 Å². The van der Waals surface area contributed by atoms with Crippen LogP contribution in [0.25, 0.3) is 0 Å². The van der Waals surface area contributed by atoms with E-state index in [0.717, 1.165) is 18.3 Å². The van der Waals surface area contributed by atoms with Gasteiger partial charge in [-0.25, -0.2) is 0 Å². The summed E-state index contributed by atoms with van der Waals surface area (Å²) in [7, 11) is 0. The minimum Gasteiger partial charge on any atom is -0.0990 e. The molecule has 0 spiro atoms. The molecule has 1 fully saturated rings. The van der Waals surface area contributed by atoms with Crippen LogP contribution in [0.2, 0.25) is 0 Å². The minimum absolute atomic E-state index is 0.487. The average molecular weight is 327 g/mol. The van der Waals surface area contributed by atoms with Gasteiger partial charge in [0.05, 0.1) is 0 Å². The van der Waals surface area contributed by atoms with Crippen molar-refractivity contribution in [3.05, 3.63) is 46.5 Å². The van der Waals surface area contributed by atoms with Gasteiger partial charge >= 0.3 is 0 Å². The number of hydrogen-bond acceptors (Lipinski definition) is 0. The van der Waals surface area contributed by atoms with Crippen molar-refractivity contribution in [2.75, 3.05) is 0 Å². The maximum Gasteiger partial charge on any atom is 0.00226 e. The second-order valence-electron chi connectivity index (χ2n) is 8.14. The van der Waals surface area contributed by atoms with E-state index < -0.39 is 0 Å². The summed E-state index contributed by atoms with van der Waals surface area (Å²) < 4.78 is 0. The minimum atomic E-state index is 0.487. The summed E-state index contributed by atoms with van der Waals surface area (Å²) in [5, 5.41) is 0. The highest BCUT2D eigenvalue weighted by atomic mass is 14.3. The molecule has 0 bridgehead atoms. The molecule has 1 aliphatic rings. The van der Waals surface area contributed by atoms with Crippen molar-refractivity contribution in [2.24, 2.45) is 11.8 Å². The first-order chi connectivity index (χ1) is 11.5. The highest BCUT2D eigenvalue weighted by Gasteiger charge is 2.24. The van der Waals surface area contributed by atoms with E-state index in [0.29, 0.717) is 5.92 Å². The Morgan fingerprint density at radius 2 is 1.92 bits per heavy atom. The van der Waals surface area contributed by atoms with Crippen molar-refractivity contribution in [2.45, 2.75) is 91.9 Å². The maximum atomic E-state index is 4.59. The van der Waals surface area contributed by atoms with Crippen LogP contribution in [0.15, 0.2) is 24.3 Å². The molecule has 3 unspecified atom stereocenters. The Balaban J connectivity index is 2.25. The Morgan fingerprint density at radius 3 is 2.58 bits per heavy atom. The van der Waals surface area contributed by atoms with Crippen LogP contribution in [-0.2, 0) is 12.8 Å². The van der Waals surface area contributed by atoms with E-state index in [2.05, 4.69) is 53.3 Å². The first kappa shape index (κ1) is 19.3. The Hall–Kier alpha value is -1.04. The van der Waals surface area contributed by atoms with Crippen molar-refractivity contribution in [3.63, 3.8) is 0 Å². The summed E-state index contributed by atoms with van der Waals surface area (Å²) in [6.07, 6.45) is 10.5. The SMILES string of the molecule is C=C(C1CCCCC(C)C1)C(C)c1ccc(CCC)c(CC)c1C. The van der Waals surface area contributed by atoms with E-state index in [1.165, 1.54) is 61.6 Å². The van der Waals surface area contributed by atoms with Crippen molar-refractivity contribution in [1.82, 2.24) is 0 Å². The Labute approximate surface area is 150 Å². The Kier molecular flexibility index (Phi) is 7.14. The zero-order valence-electron chi connectivity index (χ0n) is 16.8. The highest BCUT2D eigenvalue weighted by molar-refractivity contribution is 5.44. The summed E-state index contributed by atoms with van der Waals surface area (Å²) in [6.45, 7) is 16.3. The lowest BCUT2D eigenvalue weighted by Crippen LogP contribution is -2.13. The fourth-order valence-corrected chi connectivity index (χ4v) is 4.79. The van der Waals surface area contributed by atoms with E-state index in [-0.39, 0.29) is 0 Å². The van der Waals surface area contributed by atoms with Crippen molar-refractivity contribution in [1.29, 1.82) is 0 Å². The van der Waals surface area contributed by atoms with Crippen LogP contribution in [0.1, 0.15) is 94.4 Å². The van der Waals surface area contributed by atoms with Gasteiger partial charge < -0.3 is 0 Å². The van der Waals surface area contributed by atoms with Gasteiger partial charge in [-0.15, -0.1) is 0 Å². The van der Waals surface area contributed by atoms with E-state index in [1.807, 2.05) is 0 Å². The van der Waals surface area contributed by atoms with Gasteiger partial charge in [0.1, 0.15) is 0 Å². The quantitative estimate of drug-likeness (QED) is 0.378. The molecular weight excluding hydrogens is 288 g/mol. The van der Waals surface area contributed by atoms with Crippen molar-refractivity contribution >= 4 is 0 Å². The molecule has 24 heavy (non-hydrogen) atoms. The lowest BCUT2D eigenvalue weighted by Gasteiger charge is -2.27. The number of rotatable bonds is 6. The molecule has 1 aromatic rings. The predicted octanol–water partition coefficient (Wildman–Crippen LogP) is 7.39. The molecule has 1 aliphatic carbocycles. The van der Waals surface area contributed by atoms with Crippen LogP contribution in [0, 0.1) is 18.8 Å². The third-order valence-corrected chi connectivity index (χ3v) is 6.34. The van der Waals surface area contributed by atoms with Gasteiger partial charge in [-0.1, -0.05) is 77.7 Å². The third kappa shape index (κ3) is 4.32. The first-order valence-corrected chi connectivity index (χ1v) is 10.3. The topological polar surface area (TPSA) is 0 Å². The molecule has 1 aromatic carbocycles. The molecule has 2 rings (SSSR count). The summed E-state index contributed by atoms with van der Waals surface area (Å²) in [4.78, 5) is 0. The standard InChI is InChI=1S/C24H38/c1-7-11-21-14-15-24(20(6)23(21)8-2)19(5)18(4)22-13-10-9-12-17(3)16-22/h14-15,17,19,22H,4,7-13,16H2,1-3,5-6H3. The van der Waals surface area contributed by atoms with Crippen LogP contribution in [0.5, 0.6) is 0 Å². The van der Waals surface area contributed by atoms with Crippen molar-refractivity contribution in [3.8, 4) is 0 Å². The number of hydrogen-bond donors (Lipinski definition) is 0. The van der Waals surface area contributed by atoms with Gasteiger partial charge in [0.15, 0.2) is 0 Å². The summed E-state index contributed by atoms with van der Waals surface area (Å²) in [5.74, 6) is 2.07. The largest absolute Gasteiger partial charge is 0.0990 e. The highest BCUT2D eigenvalue weighted by Crippen LogP contribution is 2.39. The Morgan fingerprint density at radius 1 is 1.21 bits per heavy atom. The molecule has 0 aromatic heterocycles. The molecule has 0 aliphatic heterocycles. The monoisotopic (exact) mass is 326 g/mol. The number of benzene rings is 1. The van der Waals surface area contributed by atoms with Crippen molar-refractivity contribution < 1.29 is 0 Å². The molecule has 134 valence electrons. The van der Waals surface area contributed by atoms with E-state index in [4.69, 9.17) is 0 Å². The Bertz CT molecular complexity index is 551. The molecule has 0 nitrogen and oxygen atoms in total. The lowest BCUT2D eigenvalue weighted by molar-refractivity contribution is 0.427. The number of aryl methyl sites for hydroxylation is 1. The van der Waals surface area contributed by atoms with Crippen LogP contribution in [0.3, 0.4) is 0 Å². The molecule has 0 amide bonds. The summed E-state index contributed by atoms with van der Waals surface area (Å²) in [5.41, 5.74) is 7.68. The maximum absolute atomic E-state index is 4.59. The van der Waals surface area contributed by atoms with Gasteiger partial charge in [0.2, 0.25) is 0 Å². The van der Waals surface area contributed by atoms with Gasteiger partial charge in [-0.3, -0.25) is 0 Å². The van der Waals surface area contributed by atoms with Gasteiger partial charge in [0, 0.05) is 5.92 Å². The van der Waals surface area contributed by atoms with Gasteiger partial charge in [-0.05, 0) is 66.7 Å².